The van der Waals surface area contributed by atoms with Crippen molar-refractivity contribution in [1.29, 1.82) is 0 Å². The zero-order valence-corrected chi connectivity index (χ0v) is 11.4. The molecule has 1 saturated heterocycles. The summed E-state index contributed by atoms with van der Waals surface area (Å²) in [6.45, 7) is 7.24. The summed E-state index contributed by atoms with van der Waals surface area (Å²) in [5.41, 5.74) is 0.307. The van der Waals surface area contributed by atoms with Crippen LogP contribution in [-0.2, 0) is 4.74 Å². The molecule has 3 heteroatoms. The molecule has 0 aromatic rings. The minimum Gasteiger partial charge on any atom is -0.381 e. The van der Waals surface area contributed by atoms with Crippen LogP contribution in [0, 0.1) is 5.41 Å². The van der Waals surface area contributed by atoms with Gasteiger partial charge in [0.1, 0.15) is 0 Å². The molecular weight excluding hydrogens is 212 g/mol. The molecule has 0 aromatic heterocycles. The van der Waals surface area contributed by atoms with Crippen LogP contribution in [0.15, 0.2) is 0 Å². The van der Waals surface area contributed by atoms with Gasteiger partial charge in [-0.3, -0.25) is 4.90 Å². The molecule has 0 spiro atoms. The summed E-state index contributed by atoms with van der Waals surface area (Å²) in [5.74, 6) is 0. The minimum atomic E-state index is 0.307. The van der Waals surface area contributed by atoms with Gasteiger partial charge < -0.3 is 10.1 Å². The molecule has 1 N–H and O–H groups in total. The lowest BCUT2D eigenvalue weighted by Crippen LogP contribution is -2.62. The third-order valence-electron chi connectivity index (χ3n) is 5.18. The summed E-state index contributed by atoms with van der Waals surface area (Å²) in [6, 6.07) is 2.30. The van der Waals surface area contributed by atoms with Gasteiger partial charge in [0.05, 0.1) is 6.10 Å². The van der Waals surface area contributed by atoms with Crippen molar-refractivity contribution >= 4 is 0 Å². The Balaban J connectivity index is 1.48. The van der Waals surface area contributed by atoms with Crippen molar-refractivity contribution in [2.45, 2.75) is 63.8 Å². The SMILES string of the molecule is COC1CC(NC2CCN(C3CC3)C2)C1(C)C. The van der Waals surface area contributed by atoms with Gasteiger partial charge in [0.15, 0.2) is 0 Å². The standard InChI is InChI=1S/C14H26N2O/c1-14(2)12(8-13(14)17-3)15-10-6-7-16(9-10)11-4-5-11/h10-13,15H,4-9H2,1-3H3. The Kier molecular flexibility index (Phi) is 2.96. The van der Waals surface area contributed by atoms with E-state index in [-0.39, 0.29) is 0 Å². The molecule has 3 nitrogen and oxygen atoms in total. The molecule has 0 bridgehead atoms. The lowest BCUT2D eigenvalue weighted by atomic mass is 9.64. The van der Waals surface area contributed by atoms with Crippen molar-refractivity contribution in [2.75, 3.05) is 20.2 Å². The first-order valence-electron chi connectivity index (χ1n) is 7.14. The summed E-state index contributed by atoms with van der Waals surface area (Å²) < 4.78 is 5.52. The van der Waals surface area contributed by atoms with Crippen LogP contribution in [0.2, 0.25) is 0 Å². The van der Waals surface area contributed by atoms with E-state index in [2.05, 4.69) is 24.1 Å². The third-order valence-corrected chi connectivity index (χ3v) is 5.18. The maximum atomic E-state index is 5.52. The van der Waals surface area contributed by atoms with Crippen molar-refractivity contribution in [2.24, 2.45) is 5.41 Å². The first-order valence-corrected chi connectivity index (χ1v) is 7.14. The molecule has 98 valence electrons. The van der Waals surface area contributed by atoms with E-state index in [4.69, 9.17) is 4.74 Å². The molecule has 3 fully saturated rings. The number of rotatable bonds is 4. The molecule has 3 rings (SSSR count). The average Bonchev–Trinajstić information content (AvgIpc) is 3.04. The number of ether oxygens (including phenoxy) is 1. The van der Waals surface area contributed by atoms with Gasteiger partial charge >= 0.3 is 0 Å². The van der Waals surface area contributed by atoms with Gasteiger partial charge in [-0.1, -0.05) is 13.8 Å². The van der Waals surface area contributed by atoms with Gasteiger partial charge in [-0.05, 0) is 25.7 Å². The largest absolute Gasteiger partial charge is 0.381 e. The zero-order valence-electron chi connectivity index (χ0n) is 11.4. The molecule has 3 unspecified atom stereocenters. The topological polar surface area (TPSA) is 24.5 Å². The van der Waals surface area contributed by atoms with E-state index < -0.39 is 0 Å². The molecule has 0 amide bonds. The van der Waals surface area contributed by atoms with Crippen LogP contribution in [-0.4, -0.2) is 49.3 Å². The summed E-state index contributed by atoms with van der Waals surface area (Å²) in [7, 11) is 1.84. The Morgan fingerprint density at radius 1 is 1.24 bits per heavy atom. The smallest absolute Gasteiger partial charge is 0.0652 e. The van der Waals surface area contributed by atoms with Crippen LogP contribution in [0.4, 0.5) is 0 Å². The maximum Gasteiger partial charge on any atom is 0.0652 e. The lowest BCUT2D eigenvalue weighted by Gasteiger charge is -2.52. The van der Waals surface area contributed by atoms with Crippen molar-refractivity contribution in [1.82, 2.24) is 10.2 Å². The van der Waals surface area contributed by atoms with Gasteiger partial charge in [-0.25, -0.2) is 0 Å². The highest BCUT2D eigenvalue weighted by atomic mass is 16.5. The minimum absolute atomic E-state index is 0.307. The number of methoxy groups -OCH3 is 1. The summed E-state index contributed by atoms with van der Waals surface area (Å²) in [5, 5.41) is 3.86. The number of hydrogen-bond acceptors (Lipinski definition) is 3. The Morgan fingerprint density at radius 2 is 2.00 bits per heavy atom. The van der Waals surface area contributed by atoms with Gasteiger partial charge in [-0.2, -0.15) is 0 Å². The maximum absolute atomic E-state index is 5.52. The van der Waals surface area contributed by atoms with E-state index in [9.17, 15) is 0 Å². The summed E-state index contributed by atoms with van der Waals surface area (Å²) >= 11 is 0. The summed E-state index contributed by atoms with van der Waals surface area (Å²) in [6.07, 6.45) is 5.84. The fraction of sp³-hybridized carbons (Fsp3) is 1.00. The molecule has 0 aromatic carbocycles. The second-order valence-corrected chi connectivity index (χ2v) is 6.71. The lowest BCUT2D eigenvalue weighted by molar-refractivity contribution is -0.0999. The Bertz CT molecular complexity index is 288. The van der Waals surface area contributed by atoms with Crippen LogP contribution in [0.5, 0.6) is 0 Å². The van der Waals surface area contributed by atoms with E-state index in [1.807, 2.05) is 7.11 Å². The van der Waals surface area contributed by atoms with Gasteiger partial charge in [-0.15, -0.1) is 0 Å². The van der Waals surface area contributed by atoms with Crippen molar-refractivity contribution < 1.29 is 4.74 Å². The zero-order chi connectivity index (χ0) is 12.0. The van der Waals surface area contributed by atoms with E-state index >= 15 is 0 Å². The van der Waals surface area contributed by atoms with Gasteiger partial charge in [0.25, 0.3) is 0 Å². The average molecular weight is 238 g/mol. The Hall–Kier alpha value is -0.120. The molecule has 3 atom stereocenters. The monoisotopic (exact) mass is 238 g/mol. The first-order chi connectivity index (χ1) is 8.11. The normalized spacial score (nSPS) is 41.5. The van der Waals surface area contributed by atoms with Gasteiger partial charge in [0, 0.05) is 43.7 Å². The number of hydrogen-bond donors (Lipinski definition) is 1. The van der Waals surface area contributed by atoms with Crippen molar-refractivity contribution in [3.63, 3.8) is 0 Å². The molecule has 3 aliphatic rings. The molecule has 17 heavy (non-hydrogen) atoms. The van der Waals surface area contributed by atoms with Crippen LogP contribution in [0.25, 0.3) is 0 Å². The highest BCUT2D eigenvalue weighted by Crippen LogP contribution is 2.43. The fourth-order valence-corrected chi connectivity index (χ4v) is 3.55. The van der Waals surface area contributed by atoms with Crippen LogP contribution < -0.4 is 5.32 Å². The van der Waals surface area contributed by atoms with Crippen LogP contribution >= 0.6 is 0 Å². The van der Waals surface area contributed by atoms with Crippen LogP contribution in [0.1, 0.15) is 39.5 Å². The second kappa shape index (κ2) is 4.22. The van der Waals surface area contributed by atoms with E-state index in [0.717, 1.165) is 12.1 Å². The van der Waals surface area contributed by atoms with E-state index in [0.29, 0.717) is 17.6 Å². The molecular formula is C14H26N2O. The predicted molar refractivity (Wildman–Crippen MR) is 69.1 cm³/mol. The molecule has 1 heterocycles. The predicted octanol–water partition coefficient (Wildman–Crippen LogP) is 1.63. The van der Waals surface area contributed by atoms with Gasteiger partial charge in [0.2, 0.25) is 0 Å². The first kappa shape index (κ1) is 11.9. The summed E-state index contributed by atoms with van der Waals surface area (Å²) in [4.78, 5) is 2.68. The van der Waals surface area contributed by atoms with Crippen molar-refractivity contribution in [3.05, 3.63) is 0 Å². The van der Waals surface area contributed by atoms with E-state index in [1.165, 1.54) is 38.8 Å². The Morgan fingerprint density at radius 3 is 2.59 bits per heavy atom. The van der Waals surface area contributed by atoms with Crippen LogP contribution in [0.3, 0.4) is 0 Å². The quantitative estimate of drug-likeness (QED) is 0.805. The molecule has 0 radical (unpaired) electrons. The molecule has 2 saturated carbocycles. The highest BCUT2D eigenvalue weighted by molar-refractivity contribution is 5.04. The second-order valence-electron chi connectivity index (χ2n) is 6.71. The highest BCUT2D eigenvalue weighted by Gasteiger charge is 2.49. The third kappa shape index (κ3) is 2.13. The number of likely N-dealkylation sites (tertiary alicyclic amines) is 1. The Labute approximate surface area is 105 Å². The number of nitrogens with one attached hydrogen (secondary N) is 1. The van der Waals surface area contributed by atoms with E-state index in [1.54, 1.807) is 0 Å². The fourth-order valence-electron chi connectivity index (χ4n) is 3.55. The number of nitrogens with zero attached hydrogens (tertiary/aromatic N) is 1. The van der Waals surface area contributed by atoms with Crippen molar-refractivity contribution in [3.8, 4) is 0 Å². The molecule has 2 aliphatic carbocycles. The molecule has 1 aliphatic heterocycles.